The van der Waals surface area contributed by atoms with Crippen LogP contribution in [0.4, 0.5) is 5.69 Å². The molecule has 0 bridgehead atoms. The normalized spacial score (nSPS) is 11.3. The number of aromatic nitrogens is 1. The first-order valence-corrected chi connectivity index (χ1v) is 8.27. The monoisotopic (exact) mass is 330 g/mol. The Morgan fingerprint density at radius 1 is 1.04 bits per heavy atom. The van der Waals surface area contributed by atoms with Crippen LogP contribution in [0.15, 0.2) is 65.7 Å². The van der Waals surface area contributed by atoms with Crippen molar-refractivity contribution in [2.75, 3.05) is 11.8 Å². The lowest BCUT2D eigenvalue weighted by atomic mass is 10.2. The largest absolute Gasteiger partial charge is 0.618 e. The number of sulfonamides is 1. The van der Waals surface area contributed by atoms with Crippen molar-refractivity contribution < 1.29 is 17.9 Å². The molecule has 7 heteroatoms. The molecule has 2 aromatic carbocycles. The molecule has 1 aromatic heterocycles. The highest BCUT2D eigenvalue weighted by atomic mass is 32.2. The number of anilines is 1. The minimum Gasteiger partial charge on any atom is -0.618 e. The van der Waals surface area contributed by atoms with Crippen LogP contribution in [0, 0.1) is 5.21 Å². The predicted molar refractivity (Wildman–Crippen MR) is 86.7 cm³/mol. The highest BCUT2D eigenvalue weighted by Crippen LogP contribution is 2.23. The van der Waals surface area contributed by atoms with Crippen LogP contribution in [0.3, 0.4) is 0 Å². The third kappa shape index (κ3) is 2.91. The van der Waals surface area contributed by atoms with Crippen molar-refractivity contribution in [3.63, 3.8) is 0 Å². The van der Waals surface area contributed by atoms with Gasteiger partial charge in [0.15, 0.2) is 6.20 Å². The van der Waals surface area contributed by atoms with Gasteiger partial charge in [-0.15, -0.1) is 0 Å². The van der Waals surface area contributed by atoms with Gasteiger partial charge < -0.3 is 9.94 Å². The lowest BCUT2D eigenvalue weighted by molar-refractivity contribution is -0.576. The molecule has 6 nitrogen and oxygen atoms in total. The maximum absolute atomic E-state index is 12.5. The molecule has 0 aliphatic rings. The van der Waals surface area contributed by atoms with Crippen molar-refractivity contribution in [1.82, 2.24) is 0 Å². The molecule has 0 aliphatic carbocycles. The van der Waals surface area contributed by atoms with Crippen LogP contribution in [0.1, 0.15) is 0 Å². The van der Waals surface area contributed by atoms with E-state index in [1.165, 1.54) is 25.4 Å². The van der Waals surface area contributed by atoms with Crippen molar-refractivity contribution >= 4 is 26.6 Å². The summed E-state index contributed by atoms with van der Waals surface area (Å²) < 4.78 is 33.1. The van der Waals surface area contributed by atoms with E-state index in [2.05, 4.69) is 4.72 Å². The van der Waals surface area contributed by atoms with Gasteiger partial charge in [0.25, 0.3) is 10.0 Å². The summed E-state index contributed by atoms with van der Waals surface area (Å²) in [6.07, 6.45) is 1.33. The number of rotatable bonds is 4. The fraction of sp³-hybridized carbons (Fsp3) is 0.0625. The van der Waals surface area contributed by atoms with Gasteiger partial charge in [0.2, 0.25) is 5.52 Å². The number of para-hydroxylation sites is 1. The van der Waals surface area contributed by atoms with Crippen LogP contribution in [0.5, 0.6) is 5.75 Å². The van der Waals surface area contributed by atoms with Crippen LogP contribution in [-0.4, -0.2) is 15.5 Å². The molecule has 0 radical (unpaired) electrons. The van der Waals surface area contributed by atoms with E-state index in [-0.39, 0.29) is 16.1 Å². The summed E-state index contributed by atoms with van der Waals surface area (Å²) in [5, 5.41) is 12.6. The average Bonchev–Trinajstić information content (AvgIpc) is 2.55. The van der Waals surface area contributed by atoms with Gasteiger partial charge in [-0.05, 0) is 42.5 Å². The highest BCUT2D eigenvalue weighted by molar-refractivity contribution is 7.92. The predicted octanol–water partition coefficient (Wildman–Crippen LogP) is 2.28. The molecular formula is C16H14N2O4S. The van der Waals surface area contributed by atoms with Gasteiger partial charge >= 0.3 is 0 Å². The zero-order valence-corrected chi connectivity index (χ0v) is 13.1. The first-order chi connectivity index (χ1) is 11.0. The van der Waals surface area contributed by atoms with E-state index in [9.17, 15) is 13.6 Å². The van der Waals surface area contributed by atoms with Crippen LogP contribution in [0.2, 0.25) is 0 Å². The summed E-state index contributed by atoms with van der Waals surface area (Å²) >= 11 is 0. The second-order valence-corrected chi connectivity index (χ2v) is 6.54. The van der Waals surface area contributed by atoms with E-state index in [1.54, 1.807) is 42.5 Å². The van der Waals surface area contributed by atoms with Crippen molar-refractivity contribution in [1.29, 1.82) is 0 Å². The van der Waals surface area contributed by atoms with Gasteiger partial charge in [-0.1, -0.05) is 6.07 Å². The van der Waals surface area contributed by atoms with Gasteiger partial charge in [-0.25, -0.2) is 8.42 Å². The number of fused-ring (bicyclic) bond motifs is 1. The Kier molecular flexibility index (Phi) is 3.79. The van der Waals surface area contributed by atoms with Gasteiger partial charge in [0, 0.05) is 11.5 Å². The van der Waals surface area contributed by atoms with E-state index in [4.69, 9.17) is 4.74 Å². The number of hydrogen-bond donors (Lipinski definition) is 1. The molecular weight excluding hydrogens is 316 g/mol. The second kappa shape index (κ2) is 5.77. The molecule has 1 heterocycles. The Balaban J connectivity index is 2.03. The van der Waals surface area contributed by atoms with Crippen LogP contribution >= 0.6 is 0 Å². The van der Waals surface area contributed by atoms with Crippen LogP contribution < -0.4 is 14.2 Å². The van der Waals surface area contributed by atoms with Crippen molar-refractivity contribution in [2.45, 2.75) is 4.90 Å². The molecule has 0 fully saturated rings. The molecule has 0 aliphatic heterocycles. The van der Waals surface area contributed by atoms with E-state index in [1.807, 2.05) is 0 Å². The summed E-state index contributed by atoms with van der Waals surface area (Å²) in [4.78, 5) is 0.0867. The van der Waals surface area contributed by atoms with Gasteiger partial charge in [-0.2, -0.15) is 4.73 Å². The molecule has 0 spiro atoms. The second-order valence-electron chi connectivity index (χ2n) is 4.86. The number of hydrogen-bond acceptors (Lipinski definition) is 4. The van der Waals surface area contributed by atoms with E-state index in [0.29, 0.717) is 15.9 Å². The van der Waals surface area contributed by atoms with E-state index >= 15 is 0 Å². The Bertz CT molecular complexity index is 948. The summed E-state index contributed by atoms with van der Waals surface area (Å²) in [6, 6.07) is 14.3. The van der Waals surface area contributed by atoms with Crippen molar-refractivity contribution in [2.24, 2.45) is 0 Å². The Labute approximate surface area is 133 Å². The highest BCUT2D eigenvalue weighted by Gasteiger charge is 2.18. The number of pyridine rings is 1. The van der Waals surface area contributed by atoms with E-state index in [0.717, 1.165) is 0 Å². The molecule has 1 N–H and O–H groups in total. The quantitative estimate of drug-likeness (QED) is 0.588. The Hall–Kier alpha value is -2.80. The third-order valence-electron chi connectivity index (χ3n) is 3.40. The first kappa shape index (κ1) is 15.1. The minimum absolute atomic E-state index is 0.0867. The standard InChI is InChI=1S/C16H14N2O4S/c1-22-13-7-9-14(10-8-13)23(20,21)17-15-6-2-4-12-5-3-11-18(19)16(12)15/h2-11,17H,1H3. The third-order valence-corrected chi connectivity index (χ3v) is 4.78. The molecule has 118 valence electrons. The molecule has 0 atom stereocenters. The molecule has 3 rings (SSSR count). The molecule has 3 aromatic rings. The maximum atomic E-state index is 12.5. The lowest BCUT2D eigenvalue weighted by Gasteiger charge is -2.10. The zero-order valence-electron chi connectivity index (χ0n) is 12.3. The van der Waals surface area contributed by atoms with Gasteiger partial charge in [-0.3, -0.25) is 4.72 Å². The minimum atomic E-state index is -3.80. The Morgan fingerprint density at radius 2 is 1.74 bits per heavy atom. The fourth-order valence-corrected chi connectivity index (χ4v) is 3.35. The topological polar surface area (TPSA) is 82.3 Å². The van der Waals surface area contributed by atoms with Crippen molar-refractivity contribution in [3.8, 4) is 5.75 Å². The van der Waals surface area contributed by atoms with Crippen molar-refractivity contribution in [3.05, 3.63) is 66.0 Å². The fourth-order valence-electron chi connectivity index (χ4n) is 2.28. The zero-order chi connectivity index (χ0) is 16.4. The van der Waals surface area contributed by atoms with Gasteiger partial charge in [0.05, 0.1) is 12.0 Å². The molecule has 0 saturated carbocycles. The summed E-state index contributed by atoms with van der Waals surface area (Å²) in [5.74, 6) is 0.562. The van der Waals surface area contributed by atoms with Crippen LogP contribution in [-0.2, 0) is 10.0 Å². The Morgan fingerprint density at radius 3 is 2.43 bits per heavy atom. The maximum Gasteiger partial charge on any atom is 0.262 e. The van der Waals surface area contributed by atoms with E-state index < -0.39 is 10.0 Å². The summed E-state index contributed by atoms with van der Waals surface area (Å²) in [7, 11) is -2.30. The lowest BCUT2D eigenvalue weighted by Crippen LogP contribution is -2.27. The average molecular weight is 330 g/mol. The summed E-state index contributed by atoms with van der Waals surface area (Å²) in [5.41, 5.74) is 0.501. The van der Waals surface area contributed by atoms with Crippen LogP contribution in [0.25, 0.3) is 10.9 Å². The number of benzene rings is 2. The molecule has 0 saturated heterocycles. The molecule has 0 unspecified atom stereocenters. The SMILES string of the molecule is COc1ccc(S(=O)(=O)Nc2cccc3ccc[n+]([O-])c23)cc1. The first-order valence-electron chi connectivity index (χ1n) is 6.79. The van der Waals surface area contributed by atoms with Gasteiger partial charge in [0.1, 0.15) is 11.4 Å². The summed E-state index contributed by atoms with van der Waals surface area (Å²) in [6.45, 7) is 0. The number of nitrogens with one attached hydrogen (secondary N) is 1. The molecule has 23 heavy (non-hydrogen) atoms. The number of methoxy groups -OCH3 is 1. The number of ether oxygens (including phenoxy) is 1. The molecule has 0 amide bonds. The number of nitrogens with zero attached hydrogens (tertiary/aromatic N) is 1. The smallest absolute Gasteiger partial charge is 0.262 e.